The highest BCUT2D eigenvalue weighted by atomic mass is 16.4. The monoisotopic (exact) mass is 371 g/mol. The molecule has 0 unspecified atom stereocenters. The van der Waals surface area contributed by atoms with Crippen molar-refractivity contribution in [1.29, 1.82) is 0 Å². The summed E-state index contributed by atoms with van der Waals surface area (Å²) < 4.78 is 0. The van der Waals surface area contributed by atoms with Crippen LogP contribution in [0, 0.1) is 0 Å². The number of allylic oxidation sites excluding steroid dienone is 2. The van der Waals surface area contributed by atoms with Crippen molar-refractivity contribution < 1.29 is 19.8 Å². The summed E-state index contributed by atoms with van der Waals surface area (Å²) in [6, 6.07) is 0. The smallest absolute Gasteiger partial charge is 0.317 e. The second-order valence-corrected chi connectivity index (χ2v) is 6.65. The number of carbonyl (C=O) groups is 2. The largest absolute Gasteiger partial charge is 0.481 e. The van der Waals surface area contributed by atoms with Crippen molar-refractivity contribution in [2.24, 2.45) is 0 Å². The van der Waals surface area contributed by atoms with Crippen LogP contribution in [-0.2, 0) is 9.59 Å². The third kappa shape index (κ3) is 30.5. The Hall–Kier alpha value is -1.36. The standard InChI is InChI=1S/C18H34O2.C3H7NO2/c1-2-3-4-5-6-7-8-9-10-11-12-13-14-15-16-17-18(19)20;1-4-2-3(5)6/h9-10H,2-8,11-17H2,1H3,(H,19,20);4H,2H2,1H3,(H,5,6)/b10-9-;. The molecule has 5 nitrogen and oxygen atoms in total. The van der Waals surface area contributed by atoms with Gasteiger partial charge < -0.3 is 15.5 Å². The van der Waals surface area contributed by atoms with E-state index in [2.05, 4.69) is 24.4 Å². The summed E-state index contributed by atoms with van der Waals surface area (Å²) in [6.45, 7) is 2.30. The second kappa shape index (κ2) is 23.6. The van der Waals surface area contributed by atoms with Crippen LogP contribution in [0.4, 0.5) is 0 Å². The van der Waals surface area contributed by atoms with Crippen molar-refractivity contribution in [2.45, 2.75) is 96.8 Å². The van der Waals surface area contributed by atoms with Gasteiger partial charge in [0.05, 0.1) is 6.54 Å². The summed E-state index contributed by atoms with van der Waals surface area (Å²) in [5.41, 5.74) is 0. The van der Waals surface area contributed by atoms with Gasteiger partial charge in [-0.25, -0.2) is 0 Å². The van der Waals surface area contributed by atoms with Gasteiger partial charge in [0.15, 0.2) is 0 Å². The van der Waals surface area contributed by atoms with Crippen LogP contribution in [0.15, 0.2) is 12.2 Å². The van der Waals surface area contributed by atoms with E-state index < -0.39 is 11.9 Å². The van der Waals surface area contributed by atoms with Crippen molar-refractivity contribution in [2.75, 3.05) is 13.6 Å². The molecule has 0 rings (SSSR count). The Balaban J connectivity index is 0. The minimum absolute atomic E-state index is 0.0417. The molecule has 0 saturated carbocycles. The first kappa shape index (κ1) is 26.9. The lowest BCUT2D eigenvalue weighted by molar-refractivity contribution is -0.137. The van der Waals surface area contributed by atoms with Gasteiger partial charge in [-0.2, -0.15) is 0 Å². The number of hydrogen-bond acceptors (Lipinski definition) is 3. The van der Waals surface area contributed by atoms with E-state index in [1.54, 1.807) is 7.05 Å². The maximum Gasteiger partial charge on any atom is 0.317 e. The molecular formula is C21H41NO4. The minimum atomic E-state index is -0.822. The van der Waals surface area contributed by atoms with Crippen molar-refractivity contribution in [3.8, 4) is 0 Å². The fraction of sp³-hybridized carbons (Fsp3) is 0.810. The molecule has 0 fully saturated rings. The van der Waals surface area contributed by atoms with Gasteiger partial charge in [-0.05, 0) is 39.2 Å². The van der Waals surface area contributed by atoms with Crippen LogP contribution in [0.2, 0.25) is 0 Å². The molecule has 0 bridgehead atoms. The normalized spacial score (nSPS) is 10.5. The molecule has 0 heterocycles. The quantitative estimate of drug-likeness (QED) is 0.235. The Morgan fingerprint density at radius 3 is 1.58 bits per heavy atom. The Morgan fingerprint density at radius 2 is 1.19 bits per heavy atom. The Morgan fingerprint density at radius 1 is 0.731 bits per heavy atom. The molecule has 26 heavy (non-hydrogen) atoms. The molecule has 0 aromatic heterocycles. The van der Waals surface area contributed by atoms with Crippen LogP contribution in [0.3, 0.4) is 0 Å². The summed E-state index contributed by atoms with van der Waals surface area (Å²) >= 11 is 0. The SMILES string of the molecule is CCCCCCCC/C=C\CCCCCCCC(=O)O.CNCC(=O)O. The number of likely N-dealkylation sites (N-methyl/N-ethyl adjacent to an activating group) is 1. The minimum Gasteiger partial charge on any atom is -0.481 e. The first-order chi connectivity index (χ1) is 12.5. The molecule has 154 valence electrons. The second-order valence-electron chi connectivity index (χ2n) is 6.65. The topological polar surface area (TPSA) is 86.6 Å². The van der Waals surface area contributed by atoms with Gasteiger partial charge in [0, 0.05) is 6.42 Å². The predicted octanol–water partition coefficient (Wildman–Crippen LogP) is 5.40. The first-order valence-corrected chi connectivity index (χ1v) is 10.3. The fourth-order valence-electron chi connectivity index (χ4n) is 2.50. The van der Waals surface area contributed by atoms with Crippen LogP contribution in [0.1, 0.15) is 96.8 Å². The predicted molar refractivity (Wildman–Crippen MR) is 109 cm³/mol. The number of aliphatic carboxylic acids is 2. The first-order valence-electron chi connectivity index (χ1n) is 10.3. The molecule has 0 aliphatic rings. The van der Waals surface area contributed by atoms with Gasteiger partial charge in [-0.15, -0.1) is 0 Å². The van der Waals surface area contributed by atoms with E-state index in [0.717, 1.165) is 12.8 Å². The van der Waals surface area contributed by atoms with Crippen LogP contribution < -0.4 is 5.32 Å². The lowest BCUT2D eigenvalue weighted by Gasteiger charge is -1.99. The van der Waals surface area contributed by atoms with Crippen LogP contribution in [0.5, 0.6) is 0 Å². The van der Waals surface area contributed by atoms with E-state index in [1.807, 2.05) is 0 Å². The van der Waals surface area contributed by atoms with Gasteiger partial charge in [0.1, 0.15) is 0 Å². The summed E-state index contributed by atoms with van der Waals surface area (Å²) in [7, 11) is 1.59. The Labute approximate surface area is 160 Å². The maximum atomic E-state index is 10.3. The lowest BCUT2D eigenvalue weighted by atomic mass is 10.1. The van der Waals surface area contributed by atoms with Gasteiger partial charge in [0.25, 0.3) is 0 Å². The highest BCUT2D eigenvalue weighted by Crippen LogP contribution is 2.09. The van der Waals surface area contributed by atoms with E-state index in [4.69, 9.17) is 10.2 Å². The average Bonchev–Trinajstić information content (AvgIpc) is 2.58. The summed E-state index contributed by atoms with van der Waals surface area (Å²) in [5.74, 6) is -1.49. The molecule has 5 heteroatoms. The molecule has 0 radical (unpaired) electrons. The number of unbranched alkanes of at least 4 members (excludes halogenated alkanes) is 11. The molecule has 3 N–H and O–H groups in total. The number of carboxylic acid groups (broad SMARTS) is 2. The van der Waals surface area contributed by atoms with Crippen molar-refractivity contribution in [3.05, 3.63) is 12.2 Å². The van der Waals surface area contributed by atoms with E-state index in [9.17, 15) is 9.59 Å². The van der Waals surface area contributed by atoms with Gasteiger partial charge >= 0.3 is 11.9 Å². The molecule has 0 aliphatic carbocycles. The molecule has 0 spiro atoms. The summed E-state index contributed by atoms with van der Waals surface area (Å²) in [4.78, 5) is 19.9. The maximum absolute atomic E-state index is 10.3. The molecular weight excluding hydrogens is 330 g/mol. The van der Waals surface area contributed by atoms with Crippen molar-refractivity contribution in [1.82, 2.24) is 5.32 Å². The third-order valence-electron chi connectivity index (χ3n) is 3.98. The summed E-state index contributed by atoms with van der Waals surface area (Å²) in [5, 5.41) is 18.8. The molecule has 0 saturated heterocycles. The van der Waals surface area contributed by atoms with Crippen LogP contribution >= 0.6 is 0 Å². The van der Waals surface area contributed by atoms with Crippen LogP contribution in [-0.4, -0.2) is 35.7 Å². The highest BCUT2D eigenvalue weighted by molar-refractivity contribution is 5.68. The third-order valence-corrected chi connectivity index (χ3v) is 3.98. The van der Waals surface area contributed by atoms with Gasteiger partial charge in [0.2, 0.25) is 0 Å². The van der Waals surface area contributed by atoms with E-state index >= 15 is 0 Å². The van der Waals surface area contributed by atoms with E-state index in [0.29, 0.717) is 6.42 Å². The average molecular weight is 372 g/mol. The fourth-order valence-corrected chi connectivity index (χ4v) is 2.50. The number of nitrogens with one attached hydrogen (secondary N) is 1. The molecule has 0 aliphatic heterocycles. The zero-order valence-electron chi connectivity index (χ0n) is 17.0. The van der Waals surface area contributed by atoms with Crippen molar-refractivity contribution >= 4 is 11.9 Å². The van der Waals surface area contributed by atoms with Crippen LogP contribution in [0.25, 0.3) is 0 Å². The van der Waals surface area contributed by atoms with E-state index in [-0.39, 0.29) is 6.54 Å². The number of carboxylic acids is 2. The zero-order chi connectivity index (χ0) is 19.9. The molecule has 0 amide bonds. The van der Waals surface area contributed by atoms with Crippen molar-refractivity contribution in [3.63, 3.8) is 0 Å². The van der Waals surface area contributed by atoms with Gasteiger partial charge in [-0.3, -0.25) is 9.59 Å². The molecule has 0 aromatic carbocycles. The summed E-state index contributed by atoms with van der Waals surface area (Å²) in [6.07, 6.45) is 21.2. The van der Waals surface area contributed by atoms with Gasteiger partial charge in [-0.1, -0.05) is 70.4 Å². The lowest BCUT2D eigenvalue weighted by Crippen LogP contribution is -2.16. The molecule has 0 aromatic rings. The highest BCUT2D eigenvalue weighted by Gasteiger charge is 1.95. The molecule has 0 atom stereocenters. The van der Waals surface area contributed by atoms with E-state index in [1.165, 1.54) is 70.6 Å². The number of hydrogen-bond donors (Lipinski definition) is 3. The Bertz CT molecular complexity index is 343. The number of rotatable bonds is 17. The Kier molecular flexibility index (Phi) is 24.4. The zero-order valence-corrected chi connectivity index (χ0v) is 17.0.